The second-order valence-electron chi connectivity index (χ2n) is 6.99. The Morgan fingerprint density at radius 2 is 2.00 bits per heavy atom. The Morgan fingerprint density at radius 1 is 1.25 bits per heavy atom. The second-order valence-corrected chi connectivity index (χ2v) is 6.99. The molecule has 1 atom stereocenters. The monoisotopic (exact) mass is 392 g/mol. The van der Waals surface area contributed by atoms with Crippen molar-refractivity contribution in [2.75, 3.05) is 6.54 Å². The average Bonchev–Trinajstić information content (AvgIpc) is 3.39. The van der Waals surface area contributed by atoms with Crippen molar-refractivity contribution in [3.05, 3.63) is 59.2 Å². The zero-order chi connectivity index (χ0) is 20.1. The molecule has 28 heavy (non-hydrogen) atoms. The van der Waals surface area contributed by atoms with Crippen LogP contribution in [0.4, 0.5) is 17.6 Å². The Balaban J connectivity index is 1.80. The number of dihydropyridines is 1. The molecule has 9 heteroatoms. The van der Waals surface area contributed by atoms with E-state index >= 15 is 0 Å². The van der Waals surface area contributed by atoms with Crippen LogP contribution >= 0.6 is 0 Å². The van der Waals surface area contributed by atoms with Crippen LogP contribution in [0, 0.1) is 5.82 Å². The van der Waals surface area contributed by atoms with Gasteiger partial charge < -0.3 is 5.73 Å². The lowest BCUT2D eigenvalue weighted by Gasteiger charge is -2.28. The average molecular weight is 392 g/mol. The van der Waals surface area contributed by atoms with Gasteiger partial charge in [0, 0.05) is 12.1 Å². The van der Waals surface area contributed by atoms with Crippen molar-refractivity contribution in [2.45, 2.75) is 30.4 Å². The number of amides is 1. The van der Waals surface area contributed by atoms with Crippen molar-refractivity contribution in [1.29, 1.82) is 0 Å². The van der Waals surface area contributed by atoms with Gasteiger partial charge in [0.1, 0.15) is 22.6 Å². The molecule has 1 aromatic heterocycles. The molecule has 2 aliphatic rings. The van der Waals surface area contributed by atoms with E-state index in [9.17, 15) is 22.4 Å². The zero-order valence-electron chi connectivity index (χ0n) is 14.6. The molecule has 2 heterocycles. The molecule has 1 amide bonds. The number of allylic oxidation sites excluding steroid dienone is 1. The third-order valence-corrected chi connectivity index (χ3v) is 5.06. The quantitative estimate of drug-likeness (QED) is 0.811. The largest absolute Gasteiger partial charge is 0.433 e. The number of carbonyl (C=O) groups excluding carboxylic acids is 1. The number of aliphatic imine (C=N–C) groups is 1. The highest BCUT2D eigenvalue weighted by Crippen LogP contribution is 2.42. The fourth-order valence-electron chi connectivity index (χ4n) is 3.33. The second kappa shape index (κ2) is 6.29. The number of aromatic nitrogens is 2. The Bertz CT molecular complexity index is 1000. The van der Waals surface area contributed by atoms with E-state index in [1.807, 2.05) is 0 Å². The van der Waals surface area contributed by atoms with Crippen molar-refractivity contribution in [3.63, 3.8) is 0 Å². The third-order valence-electron chi connectivity index (χ3n) is 5.06. The van der Waals surface area contributed by atoms with Gasteiger partial charge >= 0.3 is 6.18 Å². The highest BCUT2D eigenvalue weighted by Gasteiger charge is 2.40. The molecule has 0 radical (unpaired) electrons. The summed E-state index contributed by atoms with van der Waals surface area (Å²) in [5.74, 6) is -1.68. The number of carbonyl (C=O) groups is 1. The van der Waals surface area contributed by atoms with Gasteiger partial charge in [-0.3, -0.25) is 9.79 Å². The van der Waals surface area contributed by atoms with Crippen molar-refractivity contribution >= 4 is 12.1 Å². The van der Waals surface area contributed by atoms with Crippen LogP contribution in [-0.2, 0) is 16.4 Å². The van der Waals surface area contributed by atoms with Crippen LogP contribution < -0.4 is 5.73 Å². The predicted molar refractivity (Wildman–Crippen MR) is 93.9 cm³/mol. The predicted octanol–water partition coefficient (Wildman–Crippen LogP) is 3.27. The minimum atomic E-state index is -4.68. The van der Waals surface area contributed by atoms with Crippen LogP contribution in [0.15, 0.2) is 41.4 Å². The van der Waals surface area contributed by atoms with E-state index in [4.69, 9.17) is 5.73 Å². The number of primary amides is 1. The van der Waals surface area contributed by atoms with E-state index in [1.165, 1.54) is 30.5 Å². The van der Waals surface area contributed by atoms with Crippen LogP contribution in [0.5, 0.6) is 0 Å². The Kier molecular flexibility index (Phi) is 4.13. The number of alkyl halides is 3. The lowest BCUT2D eigenvalue weighted by atomic mass is 9.78. The molecular formula is C19H16F4N4O. The first-order valence-corrected chi connectivity index (χ1v) is 8.67. The molecule has 5 nitrogen and oxygen atoms in total. The number of halogens is 4. The molecular weight excluding hydrogens is 376 g/mol. The third kappa shape index (κ3) is 3.00. The number of nitrogens with zero attached hydrogens (tertiary/aromatic N) is 3. The van der Waals surface area contributed by atoms with Gasteiger partial charge in [-0.25, -0.2) is 9.07 Å². The number of hydrogen-bond donors (Lipinski definition) is 1. The first-order valence-electron chi connectivity index (χ1n) is 8.67. The summed E-state index contributed by atoms with van der Waals surface area (Å²) in [6, 6.07) is 4.55. The molecule has 1 aromatic carbocycles. The van der Waals surface area contributed by atoms with E-state index in [-0.39, 0.29) is 23.7 Å². The van der Waals surface area contributed by atoms with E-state index in [1.54, 1.807) is 0 Å². The maximum Gasteiger partial charge on any atom is 0.433 e. The number of hydrogen-bond acceptors (Lipinski definition) is 3. The summed E-state index contributed by atoms with van der Waals surface area (Å²) in [5.41, 5.74) is 3.31. The van der Waals surface area contributed by atoms with Gasteiger partial charge in [-0.15, -0.1) is 0 Å². The fraction of sp³-hybridized carbons (Fsp3) is 0.316. The van der Waals surface area contributed by atoms with Gasteiger partial charge in [0.25, 0.3) is 0 Å². The van der Waals surface area contributed by atoms with E-state index in [0.29, 0.717) is 10.4 Å². The molecule has 2 N–H and O–H groups in total. The maximum atomic E-state index is 14.9. The molecule has 0 spiro atoms. The molecule has 1 aliphatic heterocycles. The standard InChI is InChI=1S/C19H16F4N4O/c20-13-8-12(18(17(24)28)6-1-7-25-10-18)4-5-15(13)27-16(19(21,22)23)9-14(26-27)11-2-3-11/h1,4-9,11H,2-3,10H2,(H2,24,28). The number of nitrogens with two attached hydrogens (primary N) is 1. The maximum absolute atomic E-state index is 14.9. The van der Waals surface area contributed by atoms with E-state index in [0.717, 1.165) is 25.0 Å². The van der Waals surface area contributed by atoms with Crippen molar-refractivity contribution in [1.82, 2.24) is 9.78 Å². The van der Waals surface area contributed by atoms with Gasteiger partial charge in [0.05, 0.1) is 12.2 Å². The Labute approximate surface area is 157 Å². The molecule has 4 rings (SSSR count). The van der Waals surface area contributed by atoms with Crippen molar-refractivity contribution < 1.29 is 22.4 Å². The molecule has 2 aromatic rings. The van der Waals surface area contributed by atoms with Crippen molar-refractivity contribution in [3.8, 4) is 5.69 Å². The zero-order valence-corrected chi connectivity index (χ0v) is 14.6. The van der Waals surface area contributed by atoms with Crippen LogP contribution in [0.3, 0.4) is 0 Å². The molecule has 0 saturated heterocycles. The molecule has 146 valence electrons. The summed E-state index contributed by atoms with van der Waals surface area (Å²) >= 11 is 0. The van der Waals surface area contributed by atoms with Gasteiger partial charge in [0.15, 0.2) is 0 Å². The van der Waals surface area contributed by atoms with Crippen LogP contribution in [-0.4, -0.2) is 28.4 Å². The summed E-state index contributed by atoms with van der Waals surface area (Å²) in [4.78, 5) is 16.0. The summed E-state index contributed by atoms with van der Waals surface area (Å²) in [5, 5.41) is 3.99. The van der Waals surface area contributed by atoms with E-state index in [2.05, 4.69) is 10.1 Å². The Morgan fingerprint density at radius 3 is 2.54 bits per heavy atom. The molecule has 1 aliphatic carbocycles. The number of rotatable bonds is 4. The minimum Gasteiger partial charge on any atom is -0.369 e. The normalized spacial score (nSPS) is 21.9. The summed E-state index contributed by atoms with van der Waals surface area (Å²) in [7, 11) is 0. The smallest absolute Gasteiger partial charge is 0.369 e. The molecule has 1 saturated carbocycles. The first kappa shape index (κ1) is 18.4. The van der Waals surface area contributed by atoms with Gasteiger partial charge in [0.2, 0.25) is 5.91 Å². The van der Waals surface area contributed by atoms with E-state index < -0.39 is 29.0 Å². The SMILES string of the molecule is NC(=O)C1(c2ccc(-n3nc(C4CC4)cc3C(F)(F)F)c(F)c2)C=CC=NC1. The fourth-order valence-corrected chi connectivity index (χ4v) is 3.33. The van der Waals surface area contributed by atoms with Gasteiger partial charge in [-0.05, 0) is 42.7 Å². The Hall–Kier alpha value is -2.97. The minimum absolute atomic E-state index is 0.000973. The first-order chi connectivity index (χ1) is 13.2. The summed E-state index contributed by atoms with van der Waals surface area (Å²) in [6.07, 6.45) is 1.38. The molecule has 0 bridgehead atoms. The van der Waals surface area contributed by atoms with Crippen LogP contribution in [0.2, 0.25) is 0 Å². The topological polar surface area (TPSA) is 73.3 Å². The molecule has 1 fully saturated rings. The van der Waals surface area contributed by atoms with Crippen LogP contribution in [0.1, 0.15) is 35.7 Å². The molecule has 1 unspecified atom stereocenters. The lowest BCUT2D eigenvalue weighted by molar-refractivity contribution is -0.142. The van der Waals surface area contributed by atoms with Crippen LogP contribution in [0.25, 0.3) is 5.69 Å². The van der Waals surface area contributed by atoms with Gasteiger partial charge in [-0.2, -0.15) is 18.3 Å². The number of benzene rings is 1. The lowest BCUT2D eigenvalue weighted by Crippen LogP contribution is -2.43. The van der Waals surface area contributed by atoms with Crippen molar-refractivity contribution in [2.24, 2.45) is 10.7 Å². The summed E-state index contributed by atoms with van der Waals surface area (Å²) < 4.78 is 55.7. The highest BCUT2D eigenvalue weighted by atomic mass is 19.4. The summed E-state index contributed by atoms with van der Waals surface area (Å²) in [6.45, 7) is -0.000973. The van der Waals surface area contributed by atoms with Gasteiger partial charge in [-0.1, -0.05) is 12.1 Å². The highest BCUT2D eigenvalue weighted by molar-refractivity contribution is 5.92.